The van der Waals surface area contributed by atoms with Crippen molar-refractivity contribution in [3.8, 4) is 0 Å². The van der Waals surface area contributed by atoms with E-state index >= 15 is 0 Å². The van der Waals surface area contributed by atoms with Crippen LogP contribution in [0.3, 0.4) is 0 Å². The molecule has 27 heavy (non-hydrogen) atoms. The molecule has 0 aliphatic heterocycles. The van der Waals surface area contributed by atoms with Crippen LogP contribution in [0.15, 0.2) is 46.9 Å². The Morgan fingerprint density at radius 2 is 1.74 bits per heavy atom. The lowest BCUT2D eigenvalue weighted by Gasteiger charge is -2.19. The molecule has 0 unspecified atom stereocenters. The number of likely N-dealkylation sites (N-methyl/N-ethyl adjacent to an activating group) is 1. The Morgan fingerprint density at radius 1 is 1.11 bits per heavy atom. The second-order valence-corrected chi connectivity index (χ2v) is 7.87. The number of halogens is 2. The molecular formula is C20H23BrClN3O2. The molecule has 0 fully saturated rings. The van der Waals surface area contributed by atoms with Gasteiger partial charge in [0.25, 0.3) is 0 Å². The number of carbonyl (C=O) groups is 2. The van der Waals surface area contributed by atoms with Gasteiger partial charge in [-0.05, 0) is 62.4 Å². The van der Waals surface area contributed by atoms with Crippen molar-refractivity contribution in [1.82, 2.24) is 10.2 Å². The highest BCUT2D eigenvalue weighted by molar-refractivity contribution is 9.10. The molecule has 2 rings (SSSR count). The molecule has 0 aliphatic carbocycles. The van der Waals surface area contributed by atoms with E-state index in [0.717, 1.165) is 21.3 Å². The van der Waals surface area contributed by atoms with Crippen LogP contribution in [0.4, 0.5) is 5.69 Å². The molecule has 0 spiro atoms. The zero-order chi connectivity index (χ0) is 20.0. The first-order valence-electron chi connectivity index (χ1n) is 8.54. The molecule has 0 radical (unpaired) electrons. The average Bonchev–Trinajstić information content (AvgIpc) is 2.57. The van der Waals surface area contributed by atoms with E-state index in [1.807, 2.05) is 44.2 Å². The lowest BCUT2D eigenvalue weighted by Crippen LogP contribution is -2.39. The Balaban J connectivity index is 1.81. The van der Waals surface area contributed by atoms with E-state index in [-0.39, 0.29) is 30.9 Å². The highest BCUT2D eigenvalue weighted by atomic mass is 79.9. The average molecular weight is 453 g/mol. The number of nitrogens with one attached hydrogen (secondary N) is 2. The standard InChI is InChI=1S/C20H23BrClN3O2/c1-13-10-16(21)6-9-18(13)24-20(27)12-25(3)11-19(26)23-14(2)15-4-7-17(22)8-5-15/h4-10,14H,11-12H2,1-3H3,(H,23,26)(H,24,27)/t14-/m1/s1. The zero-order valence-corrected chi connectivity index (χ0v) is 17.9. The van der Waals surface area contributed by atoms with Crippen LogP contribution in [0, 0.1) is 6.92 Å². The van der Waals surface area contributed by atoms with Crippen LogP contribution in [0.2, 0.25) is 5.02 Å². The van der Waals surface area contributed by atoms with Gasteiger partial charge in [-0.25, -0.2) is 0 Å². The van der Waals surface area contributed by atoms with Crippen LogP contribution in [0.25, 0.3) is 0 Å². The van der Waals surface area contributed by atoms with Crippen molar-refractivity contribution in [3.05, 3.63) is 63.1 Å². The maximum atomic E-state index is 12.2. The summed E-state index contributed by atoms with van der Waals surface area (Å²) in [7, 11) is 1.74. The van der Waals surface area contributed by atoms with Crippen molar-refractivity contribution in [2.24, 2.45) is 0 Å². The molecule has 2 amide bonds. The summed E-state index contributed by atoms with van der Waals surface area (Å²) in [6, 6.07) is 12.9. The summed E-state index contributed by atoms with van der Waals surface area (Å²) in [6.07, 6.45) is 0. The van der Waals surface area contributed by atoms with Crippen molar-refractivity contribution in [2.45, 2.75) is 19.9 Å². The first-order valence-corrected chi connectivity index (χ1v) is 9.71. The Hall–Kier alpha value is -1.89. The van der Waals surface area contributed by atoms with E-state index in [1.54, 1.807) is 24.1 Å². The lowest BCUT2D eigenvalue weighted by atomic mass is 10.1. The minimum absolute atomic E-state index is 0.123. The molecule has 0 aromatic heterocycles. The molecule has 0 aliphatic rings. The number of benzene rings is 2. The quantitative estimate of drug-likeness (QED) is 0.663. The van der Waals surface area contributed by atoms with Crippen molar-refractivity contribution in [1.29, 1.82) is 0 Å². The van der Waals surface area contributed by atoms with Crippen LogP contribution in [0.1, 0.15) is 24.1 Å². The third-order valence-electron chi connectivity index (χ3n) is 4.04. The van der Waals surface area contributed by atoms with Crippen LogP contribution in [0.5, 0.6) is 0 Å². The van der Waals surface area contributed by atoms with Crippen LogP contribution in [-0.4, -0.2) is 36.9 Å². The van der Waals surface area contributed by atoms with Gasteiger partial charge in [0.1, 0.15) is 0 Å². The Bertz CT molecular complexity index is 811. The number of carbonyl (C=O) groups excluding carboxylic acids is 2. The molecule has 144 valence electrons. The summed E-state index contributed by atoms with van der Waals surface area (Å²) in [6.45, 7) is 4.09. The molecule has 1 atom stereocenters. The van der Waals surface area contributed by atoms with Gasteiger partial charge >= 0.3 is 0 Å². The lowest BCUT2D eigenvalue weighted by molar-refractivity contribution is -0.123. The van der Waals surface area contributed by atoms with Gasteiger partial charge < -0.3 is 10.6 Å². The summed E-state index contributed by atoms with van der Waals surface area (Å²) in [5.74, 6) is -0.311. The van der Waals surface area contributed by atoms with Gasteiger partial charge in [0.2, 0.25) is 11.8 Å². The fourth-order valence-corrected chi connectivity index (χ4v) is 3.23. The fraction of sp³-hybridized carbons (Fsp3) is 0.300. The molecule has 0 saturated carbocycles. The minimum Gasteiger partial charge on any atom is -0.348 e. The first kappa shape index (κ1) is 21.4. The highest BCUT2D eigenvalue weighted by Gasteiger charge is 2.14. The number of amides is 2. The first-order chi connectivity index (χ1) is 12.7. The van der Waals surface area contributed by atoms with Gasteiger partial charge in [-0.2, -0.15) is 0 Å². The van der Waals surface area contributed by atoms with E-state index in [0.29, 0.717) is 5.02 Å². The largest absolute Gasteiger partial charge is 0.348 e. The molecule has 5 nitrogen and oxygen atoms in total. The SMILES string of the molecule is Cc1cc(Br)ccc1NC(=O)CN(C)CC(=O)N[C@H](C)c1ccc(Cl)cc1. The van der Waals surface area contributed by atoms with E-state index in [9.17, 15) is 9.59 Å². The summed E-state index contributed by atoms with van der Waals surface area (Å²) < 4.78 is 0.960. The Kier molecular flexibility index (Phi) is 7.83. The van der Waals surface area contributed by atoms with Gasteiger partial charge in [-0.3, -0.25) is 14.5 Å². The second kappa shape index (κ2) is 9.88. The molecule has 0 heterocycles. The predicted octanol–water partition coefficient (Wildman–Crippen LogP) is 4.16. The molecular weight excluding hydrogens is 430 g/mol. The predicted molar refractivity (Wildman–Crippen MR) is 113 cm³/mol. The summed E-state index contributed by atoms with van der Waals surface area (Å²) in [5.41, 5.74) is 2.70. The van der Waals surface area contributed by atoms with E-state index < -0.39 is 0 Å². The summed E-state index contributed by atoms with van der Waals surface area (Å²) in [5, 5.41) is 6.45. The number of aryl methyl sites for hydroxylation is 1. The number of nitrogens with zero attached hydrogens (tertiary/aromatic N) is 1. The third kappa shape index (κ3) is 6.97. The molecule has 7 heteroatoms. The monoisotopic (exact) mass is 451 g/mol. The van der Waals surface area contributed by atoms with Crippen molar-refractivity contribution in [3.63, 3.8) is 0 Å². The number of hydrogen-bond donors (Lipinski definition) is 2. The van der Waals surface area contributed by atoms with Gasteiger partial charge in [0.05, 0.1) is 19.1 Å². The zero-order valence-electron chi connectivity index (χ0n) is 15.6. The Labute approximate surface area is 173 Å². The van der Waals surface area contributed by atoms with Crippen molar-refractivity contribution < 1.29 is 9.59 Å². The highest BCUT2D eigenvalue weighted by Crippen LogP contribution is 2.20. The molecule has 0 bridgehead atoms. The Morgan fingerprint density at radius 3 is 2.37 bits per heavy atom. The number of rotatable bonds is 7. The van der Waals surface area contributed by atoms with Crippen LogP contribution < -0.4 is 10.6 Å². The maximum Gasteiger partial charge on any atom is 0.238 e. The van der Waals surface area contributed by atoms with Gasteiger partial charge in [-0.1, -0.05) is 39.7 Å². The van der Waals surface area contributed by atoms with Gasteiger partial charge in [-0.15, -0.1) is 0 Å². The number of anilines is 1. The third-order valence-corrected chi connectivity index (χ3v) is 4.78. The van der Waals surface area contributed by atoms with E-state index in [4.69, 9.17) is 11.6 Å². The fourth-order valence-electron chi connectivity index (χ4n) is 2.63. The van der Waals surface area contributed by atoms with E-state index in [1.165, 1.54) is 0 Å². The topological polar surface area (TPSA) is 61.4 Å². The second-order valence-electron chi connectivity index (χ2n) is 6.52. The van der Waals surface area contributed by atoms with Gasteiger partial charge in [0, 0.05) is 15.2 Å². The molecule has 2 N–H and O–H groups in total. The molecule has 0 saturated heterocycles. The molecule has 2 aromatic rings. The minimum atomic E-state index is -0.165. The van der Waals surface area contributed by atoms with Crippen molar-refractivity contribution >= 4 is 45.0 Å². The summed E-state index contributed by atoms with van der Waals surface area (Å²) in [4.78, 5) is 26.1. The number of hydrogen-bond acceptors (Lipinski definition) is 3. The van der Waals surface area contributed by atoms with E-state index in [2.05, 4.69) is 26.6 Å². The van der Waals surface area contributed by atoms with Crippen molar-refractivity contribution in [2.75, 3.05) is 25.5 Å². The van der Waals surface area contributed by atoms with Crippen LogP contribution >= 0.6 is 27.5 Å². The maximum absolute atomic E-state index is 12.2. The summed E-state index contributed by atoms with van der Waals surface area (Å²) >= 11 is 9.28. The molecule has 2 aromatic carbocycles. The van der Waals surface area contributed by atoms with Gasteiger partial charge in [0.15, 0.2) is 0 Å². The normalized spacial score (nSPS) is 11.9. The smallest absolute Gasteiger partial charge is 0.238 e. The van der Waals surface area contributed by atoms with Crippen LogP contribution in [-0.2, 0) is 9.59 Å².